The first-order chi connectivity index (χ1) is 10.00. The van der Waals surface area contributed by atoms with E-state index in [9.17, 15) is 8.42 Å². The summed E-state index contributed by atoms with van der Waals surface area (Å²) in [5.41, 5.74) is 6.64. The van der Waals surface area contributed by atoms with Crippen molar-refractivity contribution in [2.75, 3.05) is 5.73 Å². The van der Waals surface area contributed by atoms with Crippen LogP contribution in [-0.4, -0.2) is 33.3 Å². The van der Waals surface area contributed by atoms with Crippen LogP contribution in [0.3, 0.4) is 0 Å². The molecule has 0 saturated heterocycles. The normalized spacial score (nSPS) is 15.5. The molecule has 2 heterocycles. The van der Waals surface area contributed by atoms with Gasteiger partial charge in [0.05, 0.1) is 6.33 Å². The molecule has 8 heteroatoms. The van der Waals surface area contributed by atoms with Gasteiger partial charge in [-0.3, -0.25) is 4.98 Å². The zero-order chi connectivity index (χ0) is 15.0. The third-order valence-corrected chi connectivity index (χ3v) is 5.53. The molecule has 2 N–H and O–H groups in total. The summed E-state index contributed by atoms with van der Waals surface area (Å²) in [4.78, 5) is 7.83. The summed E-state index contributed by atoms with van der Waals surface area (Å²) in [5.74, 6) is 0.0397. The third-order valence-electron chi connectivity index (χ3n) is 3.50. The standard InChI is InChI=1S/C13H17N5O2S/c1-17-9-16-12(14)13(17)21(19,20)18(11-2-3-11)8-10-4-6-15-7-5-10/h4-7,9,11H,2-3,8,14H2,1H3. The Morgan fingerprint density at radius 1 is 1.38 bits per heavy atom. The second kappa shape index (κ2) is 5.12. The third kappa shape index (κ3) is 2.64. The van der Waals surface area contributed by atoms with Crippen molar-refractivity contribution in [2.24, 2.45) is 7.05 Å². The van der Waals surface area contributed by atoms with Gasteiger partial charge in [0.1, 0.15) is 0 Å². The number of aryl methyl sites for hydroxylation is 1. The first kappa shape index (κ1) is 14.0. The van der Waals surface area contributed by atoms with E-state index in [1.54, 1.807) is 19.4 Å². The van der Waals surface area contributed by atoms with E-state index >= 15 is 0 Å². The molecule has 2 aromatic rings. The molecule has 21 heavy (non-hydrogen) atoms. The molecule has 0 spiro atoms. The van der Waals surface area contributed by atoms with Crippen LogP contribution in [0.15, 0.2) is 35.9 Å². The highest BCUT2D eigenvalue weighted by Crippen LogP contribution is 2.34. The van der Waals surface area contributed by atoms with E-state index in [1.165, 1.54) is 15.2 Å². The Balaban J connectivity index is 1.97. The molecule has 1 saturated carbocycles. The van der Waals surface area contributed by atoms with Gasteiger partial charge in [0, 0.05) is 32.0 Å². The zero-order valence-electron chi connectivity index (χ0n) is 11.7. The number of pyridine rings is 1. The van der Waals surface area contributed by atoms with E-state index in [1.807, 2.05) is 12.1 Å². The Kier molecular flexibility index (Phi) is 3.42. The summed E-state index contributed by atoms with van der Waals surface area (Å²) in [6.45, 7) is 0.320. The summed E-state index contributed by atoms with van der Waals surface area (Å²) in [6, 6.07) is 3.67. The number of rotatable bonds is 5. The predicted molar refractivity (Wildman–Crippen MR) is 77.6 cm³/mol. The van der Waals surface area contributed by atoms with Gasteiger partial charge < -0.3 is 10.3 Å². The maximum absolute atomic E-state index is 12.9. The minimum atomic E-state index is -3.67. The number of aromatic nitrogens is 3. The first-order valence-corrected chi connectivity index (χ1v) is 8.11. The van der Waals surface area contributed by atoms with Crippen LogP contribution in [-0.2, 0) is 23.6 Å². The number of nitrogens with zero attached hydrogens (tertiary/aromatic N) is 4. The Morgan fingerprint density at radius 2 is 2.05 bits per heavy atom. The van der Waals surface area contributed by atoms with Crippen LogP contribution < -0.4 is 5.73 Å². The van der Waals surface area contributed by atoms with Crippen molar-refractivity contribution in [3.63, 3.8) is 0 Å². The van der Waals surface area contributed by atoms with E-state index in [2.05, 4.69) is 9.97 Å². The molecule has 0 aromatic carbocycles. The van der Waals surface area contributed by atoms with Crippen molar-refractivity contribution in [1.82, 2.24) is 18.8 Å². The van der Waals surface area contributed by atoms with Gasteiger partial charge in [-0.05, 0) is 30.5 Å². The lowest BCUT2D eigenvalue weighted by Crippen LogP contribution is -2.34. The van der Waals surface area contributed by atoms with Gasteiger partial charge in [-0.1, -0.05) is 0 Å². The molecule has 0 amide bonds. The van der Waals surface area contributed by atoms with Gasteiger partial charge in [-0.25, -0.2) is 13.4 Å². The molecule has 0 atom stereocenters. The fourth-order valence-corrected chi connectivity index (χ4v) is 4.18. The van der Waals surface area contributed by atoms with Gasteiger partial charge >= 0.3 is 0 Å². The lowest BCUT2D eigenvalue weighted by Gasteiger charge is -2.22. The molecule has 112 valence electrons. The van der Waals surface area contributed by atoms with Gasteiger partial charge in [-0.15, -0.1) is 0 Å². The molecule has 7 nitrogen and oxygen atoms in total. The number of nitrogens with two attached hydrogens (primary N) is 1. The highest BCUT2D eigenvalue weighted by Gasteiger charge is 2.40. The molecule has 1 aliphatic rings. The second-order valence-electron chi connectivity index (χ2n) is 5.18. The summed E-state index contributed by atoms with van der Waals surface area (Å²) in [5, 5.41) is 0.0588. The predicted octanol–water partition coefficient (Wildman–Crippen LogP) is 0.751. The molecule has 2 aromatic heterocycles. The maximum Gasteiger partial charge on any atom is 0.263 e. The lowest BCUT2D eigenvalue weighted by atomic mass is 10.3. The Labute approximate surface area is 123 Å². The van der Waals surface area contributed by atoms with Gasteiger partial charge in [-0.2, -0.15) is 4.31 Å². The minimum Gasteiger partial charge on any atom is -0.381 e. The molecule has 1 aliphatic carbocycles. The number of hydrogen-bond donors (Lipinski definition) is 1. The first-order valence-electron chi connectivity index (χ1n) is 6.67. The smallest absolute Gasteiger partial charge is 0.263 e. The monoisotopic (exact) mass is 307 g/mol. The van der Waals surface area contributed by atoms with Crippen molar-refractivity contribution in [1.29, 1.82) is 0 Å². The molecule has 0 aliphatic heterocycles. The number of hydrogen-bond acceptors (Lipinski definition) is 5. The number of nitrogen functional groups attached to an aromatic ring is 1. The molecule has 0 bridgehead atoms. The minimum absolute atomic E-state index is 0.0393. The molecular formula is C13H17N5O2S. The number of imidazole rings is 1. The number of anilines is 1. The summed E-state index contributed by atoms with van der Waals surface area (Å²) in [6.07, 6.45) is 6.49. The highest BCUT2D eigenvalue weighted by molar-refractivity contribution is 7.89. The van der Waals surface area contributed by atoms with Crippen LogP contribution >= 0.6 is 0 Å². The van der Waals surface area contributed by atoms with Gasteiger partial charge in [0.15, 0.2) is 10.8 Å². The van der Waals surface area contributed by atoms with Gasteiger partial charge in [0.2, 0.25) is 0 Å². The summed E-state index contributed by atoms with van der Waals surface area (Å²) < 4.78 is 28.7. The second-order valence-corrected chi connectivity index (χ2v) is 6.99. The Morgan fingerprint density at radius 3 is 2.57 bits per heavy atom. The fraction of sp³-hybridized carbons (Fsp3) is 0.385. The van der Waals surface area contributed by atoms with Gasteiger partial charge in [0.25, 0.3) is 10.0 Å². The molecule has 0 radical (unpaired) electrons. The van der Waals surface area contributed by atoms with E-state index in [0.29, 0.717) is 6.54 Å². The SMILES string of the molecule is Cn1cnc(N)c1S(=O)(=O)N(Cc1ccncc1)C1CC1. The van der Waals surface area contributed by atoms with Crippen LogP contribution in [0.5, 0.6) is 0 Å². The number of sulfonamides is 1. The quantitative estimate of drug-likeness (QED) is 0.879. The van der Waals surface area contributed by atoms with Crippen LogP contribution in [0.4, 0.5) is 5.82 Å². The van der Waals surface area contributed by atoms with Crippen molar-refractivity contribution in [3.8, 4) is 0 Å². The van der Waals surface area contributed by atoms with Crippen molar-refractivity contribution < 1.29 is 8.42 Å². The topological polar surface area (TPSA) is 94.1 Å². The van der Waals surface area contributed by atoms with Crippen LogP contribution in [0.25, 0.3) is 0 Å². The van der Waals surface area contributed by atoms with Crippen molar-refractivity contribution in [2.45, 2.75) is 30.5 Å². The Hall–Kier alpha value is -1.93. The molecular weight excluding hydrogens is 290 g/mol. The highest BCUT2D eigenvalue weighted by atomic mass is 32.2. The molecule has 0 unspecified atom stereocenters. The van der Waals surface area contributed by atoms with E-state index in [4.69, 9.17) is 5.73 Å². The van der Waals surface area contributed by atoms with Crippen molar-refractivity contribution in [3.05, 3.63) is 36.4 Å². The van der Waals surface area contributed by atoms with Crippen LogP contribution in [0, 0.1) is 0 Å². The summed E-state index contributed by atoms with van der Waals surface area (Å²) in [7, 11) is -2.03. The van der Waals surface area contributed by atoms with Crippen LogP contribution in [0.1, 0.15) is 18.4 Å². The average molecular weight is 307 g/mol. The largest absolute Gasteiger partial charge is 0.381 e. The van der Waals surface area contributed by atoms with E-state index in [0.717, 1.165) is 18.4 Å². The van der Waals surface area contributed by atoms with Crippen molar-refractivity contribution >= 4 is 15.8 Å². The maximum atomic E-state index is 12.9. The van der Waals surface area contributed by atoms with E-state index < -0.39 is 10.0 Å². The molecule has 3 rings (SSSR count). The molecule has 1 fully saturated rings. The van der Waals surface area contributed by atoms with E-state index in [-0.39, 0.29) is 16.9 Å². The van der Waals surface area contributed by atoms with Crippen LogP contribution in [0.2, 0.25) is 0 Å². The zero-order valence-corrected chi connectivity index (χ0v) is 12.5. The average Bonchev–Trinajstić information content (AvgIpc) is 3.22. The lowest BCUT2D eigenvalue weighted by molar-refractivity contribution is 0.395. The summed E-state index contributed by atoms with van der Waals surface area (Å²) >= 11 is 0. The fourth-order valence-electron chi connectivity index (χ4n) is 2.30. The Bertz CT molecular complexity index is 718.